The summed E-state index contributed by atoms with van der Waals surface area (Å²) in [5.74, 6) is -0.774. The van der Waals surface area contributed by atoms with Crippen molar-refractivity contribution in [3.05, 3.63) is 24.3 Å². The molecule has 2 atom stereocenters. The fourth-order valence-electron chi connectivity index (χ4n) is 10.1. The highest BCUT2D eigenvalue weighted by Crippen LogP contribution is 2.43. The smallest absolute Gasteiger partial charge is 0.462 e. The summed E-state index contributed by atoms with van der Waals surface area (Å²) in [6, 6.07) is 0. The molecule has 77 heavy (non-hydrogen) atoms. The predicted molar refractivity (Wildman–Crippen MR) is 331 cm³/mol. The Hall–Kier alpha value is -1.51. The van der Waals surface area contributed by atoms with E-state index < -0.39 is 26.5 Å². The molecule has 2 unspecified atom stereocenters. The van der Waals surface area contributed by atoms with Crippen molar-refractivity contribution in [3.8, 4) is 0 Å². The zero-order valence-electron chi connectivity index (χ0n) is 52.0. The molecule has 1 N–H and O–H groups in total. The van der Waals surface area contributed by atoms with Gasteiger partial charge in [0, 0.05) is 12.8 Å². The van der Waals surface area contributed by atoms with Gasteiger partial charge in [0.15, 0.2) is 6.10 Å². The maximum Gasteiger partial charge on any atom is 0.472 e. The van der Waals surface area contributed by atoms with Crippen LogP contribution in [0.3, 0.4) is 0 Å². The molecule has 0 saturated carbocycles. The molecule has 10 heteroatoms. The molecule has 0 aromatic heterocycles. The molecule has 456 valence electrons. The van der Waals surface area contributed by atoms with Crippen molar-refractivity contribution in [2.75, 3.05) is 47.5 Å². The minimum Gasteiger partial charge on any atom is -0.462 e. The van der Waals surface area contributed by atoms with Crippen LogP contribution in [0, 0.1) is 0 Å². The minimum atomic E-state index is -4.38. The number of phosphoric acid groups is 1. The Morgan fingerprint density at radius 1 is 0.403 bits per heavy atom. The second-order valence-corrected chi connectivity index (χ2v) is 25.7. The van der Waals surface area contributed by atoms with Crippen LogP contribution in [-0.2, 0) is 32.7 Å². The van der Waals surface area contributed by atoms with Gasteiger partial charge in [-0.3, -0.25) is 18.6 Å². The number of hydrogen-bond donors (Lipinski definition) is 1. The molecule has 0 fully saturated rings. The van der Waals surface area contributed by atoms with E-state index in [0.29, 0.717) is 23.9 Å². The van der Waals surface area contributed by atoms with E-state index in [4.69, 9.17) is 18.5 Å². The molecule has 0 radical (unpaired) electrons. The van der Waals surface area contributed by atoms with Crippen LogP contribution >= 0.6 is 7.82 Å². The van der Waals surface area contributed by atoms with Crippen LogP contribution < -0.4 is 0 Å². The van der Waals surface area contributed by atoms with E-state index in [0.717, 1.165) is 38.5 Å². The van der Waals surface area contributed by atoms with E-state index in [1.165, 1.54) is 270 Å². The molecule has 0 amide bonds. The first-order valence-corrected chi connectivity index (χ1v) is 35.1. The number of hydrogen-bond acceptors (Lipinski definition) is 7. The lowest BCUT2D eigenvalue weighted by molar-refractivity contribution is -0.870. The Morgan fingerprint density at radius 3 is 1.03 bits per heavy atom. The van der Waals surface area contributed by atoms with E-state index in [-0.39, 0.29) is 25.6 Å². The van der Waals surface area contributed by atoms with E-state index in [2.05, 4.69) is 38.2 Å². The average molecular weight is 1110 g/mol. The van der Waals surface area contributed by atoms with Crippen molar-refractivity contribution < 1.29 is 42.1 Å². The van der Waals surface area contributed by atoms with Crippen LogP contribution in [0.5, 0.6) is 0 Å². The zero-order chi connectivity index (χ0) is 56.3. The number of allylic oxidation sites excluding steroid dienone is 4. The Balaban J connectivity index is 4.01. The molecular weight excluding hydrogens is 978 g/mol. The first-order chi connectivity index (χ1) is 37.5. The summed E-state index contributed by atoms with van der Waals surface area (Å²) in [5, 5.41) is 0. The molecule has 0 aliphatic rings. The van der Waals surface area contributed by atoms with Crippen molar-refractivity contribution in [2.24, 2.45) is 0 Å². The molecule has 0 spiro atoms. The highest BCUT2D eigenvalue weighted by molar-refractivity contribution is 7.47. The Labute approximate surface area is 479 Å². The number of nitrogens with zero attached hydrogens (tertiary/aromatic N) is 1. The van der Waals surface area contributed by atoms with Gasteiger partial charge in [-0.15, -0.1) is 0 Å². The quantitative estimate of drug-likeness (QED) is 0.0211. The normalized spacial score (nSPS) is 13.3. The van der Waals surface area contributed by atoms with E-state index in [9.17, 15) is 19.0 Å². The summed E-state index contributed by atoms with van der Waals surface area (Å²) in [4.78, 5) is 35.8. The van der Waals surface area contributed by atoms with Crippen molar-refractivity contribution in [2.45, 2.75) is 347 Å². The van der Waals surface area contributed by atoms with Gasteiger partial charge < -0.3 is 18.9 Å². The van der Waals surface area contributed by atoms with Gasteiger partial charge in [-0.1, -0.05) is 308 Å². The number of carbonyl (C=O) groups is 2. The largest absolute Gasteiger partial charge is 0.472 e. The highest BCUT2D eigenvalue weighted by atomic mass is 31.2. The molecule has 0 heterocycles. The monoisotopic (exact) mass is 1110 g/mol. The third-order valence-electron chi connectivity index (χ3n) is 15.2. The average Bonchev–Trinajstić information content (AvgIpc) is 3.39. The van der Waals surface area contributed by atoms with Gasteiger partial charge in [0.1, 0.15) is 19.8 Å². The number of likely N-dealkylation sites (N-methyl/N-ethyl adjacent to an activating group) is 1. The Bertz CT molecular complexity index is 1350. The summed E-state index contributed by atoms with van der Waals surface area (Å²) < 4.78 is 34.7. The van der Waals surface area contributed by atoms with Gasteiger partial charge in [0.25, 0.3) is 0 Å². The first kappa shape index (κ1) is 75.5. The van der Waals surface area contributed by atoms with Gasteiger partial charge in [-0.2, -0.15) is 0 Å². The third kappa shape index (κ3) is 63.5. The van der Waals surface area contributed by atoms with E-state index in [1.807, 2.05) is 21.1 Å². The first-order valence-electron chi connectivity index (χ1n) is 33.6. The predicted octanol–water partition coefficient (Wildman–Crippen LogP) is 21.3. The van der Waals surface area contributed by atoms with Gasteiger partial charge in [0.05, 0.1) is 27.7 Å². The van der Waals surface area contributed by atoms with Crippen LogP contribution in [-0.4, -0.2) is 74.9 Å². The lowest BCUT2D eigenvalue weighted by Gasteiger charge is -2.24. The second-order valence-electron chi connectivity index (χ2n) is 24.2. The van der Waals surface area contributed by atoms with Crippen molar-refractivity contribution >= 4 is 19.8 Å². The fraction of sp³-hybridized carbons (Fsp3) is 0.910. The molecule has 0 aliphatic heterocycles. The summed E-state index contributed by atoms with van der Waals surface area (Å²) in [6.07, 6.45) is 72.7. The Morgan fingerprint density at radius 2 is 0.701 bits per heavy atom. The summed E-state index contributed by atoms with van der Waals surface area (Å²) in [5.41, 5.74) is 0. The highest BCUT2D eigenvalue weighted by Gasteiger charge is 2.27. The van der Waals surface area contributed by atoms with Crippen molar-refractivity contribution in [3.63, 3.8) is 0 Å². The number of quaternary nitrogens is 1. The molecular formula is C67H131NO8P+. The standard InChI is InChI=1S/C67H130NO8P/c1-6-8-10-12-14-16-18-20-22-24-26-28-30-31-32-33-34-35-36-37-38-40-42-44-46-48-50-52-54-56-58-60-67(70)76-65(64-75-77(71,72)74-62-61-68(3,4)5)63-73-66(69)59-57-55-53-51-49-47-45-43-41-39-29-27-25-23-21-19-17-15-13-11-9-7-2/h18,20,24,26,65H,6-17,19,21-23,25,27-64H2,1-5H3/p+1/b20-18-,26-24-. The second kappa shape index (κ2) is 59.1. The maximum absolute atomic E-state index is 12.9. The molecule has 9 nitrogen and oxygen atoms in total. The van der Waals surface area contributed by atoms with Crippen LogP contribution in [0.4, 0.5) is 0 Å². The van der Waals surface area contributed by atoms with E-state index in [1.54, 1.807) is 0 Å². The zero-order valence-corrected chi connectivity index (χ0v) is 52.9. The SMILES string of the molecule is CCCCCCC/C=C\C/C=C\CCCCCCCCCCCCCCCCCCCCCC(=O)OC(COC(=O)CCCCCCCCCCCCCCCCCCCCCCCC)COP(=O)(O)OCC[N+](C)(C)C. The number of carbonyl (C=O) groups excluding carboxylic acids is 2. The van der Waals surface area contributed by atoms with Crippen molar-refractivity contribution in [1.29, 1.82) is 0 Å². The number of rotatable bonds is 63. The lowest BCUT2D eigenvalue weighted by Crippen LogP contribution is -2.37. The summed E-state index contributed by atoms with van der Waals surface area (Å²) in [6.45, 7) is 4.50. The van der Waals surface area contributed by atoms with Gasteiger partial charge in [-0.25, -0.2) is 4.57 Å². The number of phosphoric ester groups is 1. The molecule has 0 saturated heterocycles. The number of ether oxygens (including phenoxy) is 2. The van der Waals surface area contributed by atoms with E-state index >= 15 is 0 Å². The maximum atomic E-state index is 12.9. The van der Waals surface area contributed by atoms with Crippen LogP contribution in [0.25, 0.3) is 0 Å². The summed E-state index contributed by atoms with van der Waals surface area (Å²) >= 11 is 0. The minimum absolute atomic E-state index is 0.0357. The van der Waals surface area contributed by atoms with Crippen LogP contribution in [0.15, 0.2) is 24.3 Å². The van der Waals surface area contributed by atoms with Crippen LogP contribution in [0.2, 0.25) is 0 Å². The number of unbranched alkanes of at least 4 members (excludes halogenated alkanes) is 45. The van der Waals surface area contributed by atoms with Crippen LogP contribution in [0.1, 0.15) is 341 Å². The Kier molecular flexibility index (Phi) is 58.0. The van der Waals surface area contributed by atoms with Gasteiger partial charge in [-0.05, 0) is 44.9 Å². The summed E-state index contributed by atoms with van der Waals surface area (Å²) in [7, 11) is 1.50. The number of esters is 2. The third-order valence-corrected chi connectivity index (χ3v) is 16.2. The molecule has 0 aromatic rings. The molecule has 0 aromatic carbocycles. The van der Waals surface area contributed by atoms with Gasteiger partial charge >= 0.3 is 19.8 Å². The van der Waals surface area contributed by atoms with Gasteiger partial charge in [0.2, 0.25) is 0 Å². The molecule has 0 bridgehead atoms. The lowest BCUT2D eigenvalue weighted by atomic mass is 10.0. The molecule has 0 aliphatic carbocycles. The van der Waals surface area contributed by atoms with Crippen molar-refractivity contribution in [1.82, 2.24) is 0 Å². The molecule has 0 rings (SSSR count). The fourth-order valence-corrected chi connectivity index (χ4v) is 10.8. The topological polar surface area (TPSA) is 108 Å².